The summed E-state index contributed by atoms with van der Waals surface area (Å²) in [5, 5.41) is 12.8. The van der Waals surface area contributed by atoms with Crippen molar-refractivity contribution < 1.29 is 9.84 Å². The normalized spacial score (nSPS) is 16.2. The van der Waals surface area contributed by atoms with E-state index in [1.165, 1.54) is 11.4 Å². The molecule has 0 spiro atoms. The number of unbranched alkanes of at least 4 members (excludes halogenated alkanes) is 1. The van der Waals surface area contributed by atoms with Crippen molar-refractivity contribution in [1.29, 1.82) is 0 Å². The molecule has 1 aliphatic heterocycles. The lowest BCUT2D eigenvalue weighted by atomic mass is 9.97. The first-order valence-electron chi connectivity index (χ1n) is 8.02. The maximum atomic E-state index is 9.25. The summed E-state index contributed by atoms with van der Waals surface area (Å²) in [6, 6.07) is 8.53. The minimum absolute atomic E-state index is 0.327. The Bertz CT molecular complexity index is 404. The topological polar surface area (TPSA) is 44.7 Å². The van der Waals surface area contributed by atoms with E-state index in [2.05, 4.69) is 34.5 Å². The fourth-order valence-corrected chi connectivity index (χ4v) is 2.85. The lowest BCUT2D eigenvalue weighted by Gasteiger charge is -2.34. The molecular weight excluding hydrogens is 264 g/mol. The molecule has 1 fully saturated rings. The smallest absolute Gasteiger partial charge is 0.0602 e. The number of methoxy groups -OCH3 is 1. The average Bonchev–Trinajstić information content (AvgIpc) is 2.55. The molecule has 1 aromatic carbocycles. The molecule has 4 nitrogen and oxygen atoms in total. The summed E-state index contributed by atoms with van der Waals surface area (Å²) in [7, 11) is 1.75. The molecule has 1 aliphatic rings. The molecule has 21 heavy (non-hydrogen) atoms. The molecule has 0 amide bonds. The second-order valence-electron chi connectivity index (χ2n) is 5.76. The molecule has 2 N–H and O–H groups in total. The maximum absolute atomic E-state index is 9.25. The molecule has 118 valence electrons. The van der Waals surface area contributed by atoms with Crippen LogP contribution in [0.3, 0.4) is 0 Å². The van der Waals surface area contributed by atoms with E-state index in [9.17, 15) is 5.11 Å². The Labute approximate surface area is 128 Å². The zero-order valence-corrected chi connectivity index (χ0v) is 13.1. The third-order valence-corrected chi connectivity index (χ3v) is 4.21. The van der Waals surface area contributed by atoms with Crippen LogP contribution in [0.2, 0.25) is 0 Å². The first-order valence-corrected chi connectivity index (χ1v) is 8.02. The zero-order valence-electron chi connectivity index (χ0n) is 13.1. The minimum atomic E-state index is 0.327. The Morgan fingerprint density at radius 2 is 2.00 bits per heavy atom. The Morgan fingerprint density at radius 3 is 2.71 bits per heavy atom. The van der Waals surface area contributed by atoms with Gasteiger partial charge in [0.15, 0.2) is 0 Å². The Hall–Kier alpha value is -1.26. The van der Waals surface area contributed by atoms with Crippen LogP contribution in [0.5, 0.6) is 0 Å². The first-order chi connectivity index (χ1) is 10.3. The number of piperidine rings is 1. The summed E-state index contributed by atoms with van der Waals surface area (Å²) in [6.07, 6.45) is 4.37. The van der Waals surface area contributed by atoms with Gasteiger partial charge in [-0.2, -0.15) is 0 Å². The summed E-state index contributed by atoms with van der Waals surface area (Å²) in [6.45, 7) is 4.21. The van der Waals surface area contributed by atoms with Crippen molar-refractivity contribution in [2.75, 3.05) is 50.2 Å². The van der Waals surface area contributed by atoms with Gasteiger partial charge in [-0.05, 0) is 43.7 Å². The third-order valence-electron chi connectivity index (χ3n) is 4.21. The van der Waals surface area contributed by atoms with E-state index in [-0.39, 0.29) is 0 Å². The summed E-state index contributed by atoms with van der Waals surface area (Å²) in [5.41, 5.74) is 2.51. The Morgan fingerprint density at radius 1 is 1.24 bits per heavy atom. The van der Waals surface area contributed by atoms with Crippen LogP contribution in [0.1, 0.15) is 25.7 Å². The van der Waals surface area contributed by atoms with Crippen molar-refractivity contribution in [3.05, 3.63) is 24.3 Å². The van der Waals surface area contributed by atoms with Crippen molar-refractivity contribution in [3.63, 3.8) is 0 Å². The van der Waals surface area contributed by atoms with E-state index in [1.54, 1.807) is 7.11 Å². The molecule has 1 aromatic rings. The predicted molar refractivity (Wildman–Crippen MR) is 88.1 cm³/mol. The van der Waals surface area contributed by atoms with Crippen molar-refractivity contribution in [2.24, 2.45) is 5.92 Å². The Kier molecular flexibility index (Phi) is 6.83. The van der Waals surface area contributed by atoms with E-state index >= 15 is 0 Å². The van der Waals surface area contributed by atoms with Crippen LogP contribution in [-0.2, 0) is 4.74 Å². The number of para-hydroxylation sites is 2. The molecule has 0 unspecified atom stereocenters. The van der Waals surface area contributed by atoms with Gasteiger partial charge < -0.3 is 20.1 Å². The largest absolute Gasteiger partial charge is 0.396 e. The van der Waals surface area contributed by atoms with Crippen molar-refractivity contribution in [2.45, 2.75) is 25.7 Å². The van der Waals surface area contributed by atoms with Crippen LogP contribution in [0, 0.1) is 5.92 Å². The van der Waals surface area contributed by atoms with Crippen LogP contribution in [0.4, 0.5) is 11.4 Å². The molecule has 0 atom stereocenters. The van der Waals surface area contributed by atoms with Crippen molar-refractivity contribution in [3.8, 4) is 0 Å². The van der Waals surface area contributed by atoms with Crippen LogP contribution in [0.15, 0.2) is 24.3 Å². The van der Waals surface area contributed by atoms with Crippen LogP contribution < -0.4 is 10.2 Å². The van der Waals surface area contributed by atoms with Gasteiger partial charge >= 0.3 is 0 Å². The second-order valence-corrected chi connectivity index (χ2v) is 5.76. The molecule has 0 bridgehead atoms. The fourth-order valence-electron chi connectivity index (χ4n) is 2.85. The number of aliphatic hydroxyl groups is 1. The standard InChI is InChI=1S/C17H28N2O2/c1-21-13-5-4-10-18-16-6-2-3-7-17(16)19-11-8-15(14-20)9-12-19/h2-3,6-7,15,18,20H,4-5,8-14H2,1H3. The van der Waals surface area contributed by atoms with Gasteiger partial charge in [-0.1, -0.05) is 12.1 Å². The summed E-state index contributed by atoms with van der Waals surface area (Å²) >= 11 is 0. The number of ether oxygens (including phenoxy) is 1. The summed E-state index contributed by atoms with van der Waals surface area (Å²) in [5.74, 6) is 0.482. The molecule has 1 saturated heterocycles. The average molecular weight is 292 g/mol. The molecule has 1 heterocycles. The highest BCUT2D eigenvalue weighted by Gasteiger charge is 2.20. The van der Waals surface area contributed by atoms with E-state index in [1.807, 2.05) is 0 Å². The van der Waals surface area contributed by atoms with Crippen LogP contribution >= 0.6 is 0 Å². The van der Waals surface area contributed by atoms with Gasteiger partial charge in [-0.15, -0.1) is 0 Å². The van der Waals surface area contributed by atoms with Gasteiger partial charge in [0, 0.05) is 40.0 Å². The molecule has 2 rings (SSSR count). The van der Waals surface area contributed by atoms with E-state index in [4.69, 9.17) is 4.74 Å². The lowest BCUT2D eigenvalue weighted by Crippen LogP contribution is -2.35. The highest BCUT2D eigenvalue weighted by Crippen LogP contribution is 2.29. The maximum Gasteiger partial charge on any atom is 0.0602 e. The molecular formula is C17H28N2O2. The van der Waals surface area contributed by atoms with E-state index in [0.717, 1.165) is 51.9 Å². The highest BCUT2D eigenvalue weighted by molar-refractivity contribution is 5.70. The predicted octanol–water partition coefficient (Wildman–Crippen LogP) is 2.73. The molecule has 0 radical (unpaired) electrons. The molecule has 0 saturated carbocycles. The minimum Gasteiger partial charge on any atom is -0.396 e. The molecule has 0 aliphatic carbocycles. The number of nitrogens with one attached hydrogen (secondary N) is 1. The number of aliphatic hydroxyl groups excluding tert-OH is 1. The third kappa shape index (κ3) is 4.90. The van der Waals surface area contributed by atoms with Crippen molar-refractivity contribution >= 4 is 11.4 Å². The van der Waals surface area contributed by atoms with Gasteiger partial charge in [0.1, 0.15) is 0 Å². The van der Waals surface area contributed by atoms with Crippen LogP contribution in [0.25, 0.3) is 0 Å². The van der Waals surface area contributed by atoms with E-state index in [0.29, 0.717) is 12.5 Å². The monoisotopic (exact) mass is 292 g/mol. The zero-order chi connectivity index (χ0) is 14.9. The number of anilines is 2. The van der Waals surface area contributed by atoms with Gasteiger partial charge in [0.25, 0.3) is 0 Å². The number of hydrogen-bond acceptors (Lipinski definition) is 4. The summed E-state index contributed by atoms with van der Waals surface area (Å²) in [4.78, 5) is 2.43. The number of hydrogen-bond donors (Lipinski definition) is 2. The van der Waals surface area contributed by atoms with Gasteiger partial charge in [0.2, 0.25) is 0 Å². The van der Waals surface area contributed by atoms with Gasteiger partial charge in [0.05, 0.1) is 11.4 Å². The van der Waals surface area contributed by atoms with Gasteiger partial charge in [-0.25, -0.2) is 0 Å². The van der Waals surface area contributed by atoms with Crippen LogP contribution in [-0.4, -0.2) is 45.1 Å². The number of nitrogens with zero attached hydrogens (tertiary/aromatic N) is 1. The van der Waals surface area contributed by atoms with E-state index < -0.39 is 0 Å². The SMILES string of the molecule is COCCCCNc1ccccc1N1CCC(CO)CC1. The second kappa shape index (κ2) is 8.90. The van der Waals surface area contributed by atoms with Crippen molar-refractivity contribution in [1.82, 2.24) is 0 Å². The van der Waals surface area contributed by atoms with Gasteiger partial charge in [-0.3, -0.25) is 0 Å². The fraction of sp³-hybridized carbons (Fsp3) is 0.647. The number of rotatable bonds is 8. The summed E-state index contributed by atoms with van der Waals surface area (Å²) < 4.78 is 5.08. The Balaban J connectivity index is 1.88. The lowest BCUT2D eigenvalue weighted by molar-refractivity contribution is 0.194. The first kappa shape index (κ1) is 16.1. The number of benzene rings is 1. The quantitative estimate of drug-likeness (QED) is 0.723. The molecule has 4 heteroatoms. The molecule has 0 aromatic heterocycles. The highest BCUT2D eigenvalue weighted by atomic mass is 16.5.